The van der Waals surface area contributed by atoms with Crippen molar-refractivity contribution in [2.75, 3.05) is 0 Å². The molecule has 1 heterocycles. The molecule has 1 saturated carbocycles. The molecule has 0 saturated heterocycles. The Morgan fingerprint density at radius 2 is 2.28 bits per heavy atom. The van der Waals surface area contributed by atoms with Gasteiger partial charge >= 0.3 is 0 Å². The van der Waals surface area contributed by atoms with Gasteiger partial charge in [-0.05, 0) is 24.7 Å². The number of nitrogens with one attached hydrogen (secondary N) is 2. The van der Waals surface area contributed by atoms with E-state index in [-0.39, 0.29) is 22.0 Å². The molecule has 2 N–H and O–H groups in total. The van der Waals surface area contributed by atoms with Crippen LogP contribution in [0, 0.1) is 22.2 Å². The Labute approximate surface area is 112 Å². The molecule has 5 heteroatoms. The summed E-state index contributed by atoms with van der Waals surface area (Å²) in [7, 11) is 0. The van der Waals surface area contributed by atoms with E-state index >= 15 is 0 Å². The summed E-state index contributed by atoms with van der Waals surface area (Å²) in [5.74, 6) is 0.679. The number of hydrogen-bond donors (Lipinski definition) is 2. The van der Waals surface area contributed by atoms with Crippen molar-refractivity contribution in [1.29, 1.82) is 10.8 Å². The molecule has 4 nitrogen and oxygen atoms in total. The average molecular weight is 267 g/mol. The predicted octanol–water partition coefficient (Wildman–Crippen LogP) is 3.06. The molecule has 1 aliphatic rings. The lowest BCUT2D eigenvalue weighted by atomic mass is 9.72. The molecular formula is C13H19ClN4. The average Bonchev–Trinajstić information content (AvgIpc) is 2.30. The van der Waals surface area contributed by atoms with Gasteiger partial charge in [-0.25, -0.2) is 4.98 Å². The first kappa shape index (κ1) is 13.3. The Morgan fingerprint density at radius 1 is 1.56 bits per heavy atom. The Bertz CT molecular complexity index is 518. The Balaban J connectivity index is 2.26. The first-order chi connectivity index (χ1) is 8.41. The minimum atomic E-state index is 0.104. The van der Waals surface area contributed by atoms with Crippen molar-refractivity contribution in [2.24, 2.45) is 11.3 Å². The molecule has 1 aromatic heterocycles. The zero-order valence-electron chi connectivity index (χ0n) is 10.8. The summed E-state index contributed by atoms with van der Waals surface area (Å²) in [6.45, 7) is 4.50. The van der Waals surface area contributed by atoms with Crippen LogP contribution in [0.2, 0.25) is 5.15 Å². The number of nitrogens with zero attached hydrogens (tertiary/aromatic N) is 2. The fraction of sp³-hybridized carbons (Fsp3) is 0.615. The summed E-state index contributed by atoms with van der Waals surface area (Å²) in [6, 6.07) is 0. The molecule has 0 aromatic carbocycles. The zero-order valence-corrected chi connectivity index (χ0v) is 11.6. The second-order valence-corrected chi connectivity index (χ2v) is 6.14. The molecule has 0 bridgehead atoms. The normalized spacial score (nSPS) is 22.7. The molecule has 2 rings (SSSR count). The van der Waals surface area contributed by atoms with Gasteiger partial charge < -0.3 is 0 Å². The van der Waals surface area contributed by atoms with Crippen molar-refractivity contribution in [3.05, 3.63) is 23.0 Å². The number of rotatable bonds is 1. The molecule has 1 fully saturated rings. The second-order valence-electron chi connectivity index (χ2n) is 5.78. The first-order valence-corrected chi connectivity index (χ1v) is 6.65. The Kier molecular flexibility index (Phi) is 3.57. The van der Waals surface area contributed by atoms with Gasteiger partial charge in [0, 0.05) is 18.3 Å². The van der Waals surface area contributed by atoms with Gasteiger partial charge in [0.1, 0.15) is 5.84 Å². The van der Waals surface area contributed by atoms with Gasteiger partial charge in [-0.1, -0.05) is 31.9 Å². The third-order valence-corrected chi connectivity index (χ3v) is 3.97. The summed E-state index contributed by atoms with van der Waals surface area (Å²) < 4.78 is 1.54. The highest BCUT2D eigenvalue weighted by molar-refractivity contribution is 6.29. The lowest BCUT2D eigenvalue weighted by molar-refractivity contribution is 0.213. The predicted molar refractivity (Wildman–Crippen MR) is 72.0 cm³/mol. The first-order valence-electron chi connectivity index (χ1n) is 6.27. The minimum absolute atomic E-state index is 0.104. The van der Waals surface area contributed by atoms with Crippen LogP contribution in [0.3, 0.4) is 0 Å². The summed E-state index contributed by atoms with van der Waals surface area (Å²) in [6.07, 6.45) is 7.58. The molecule has 0 amide bonds. The minimum Gasteiger partial charge on any atom is -0.288 e. The highest BCUT2D eigenvalue weighted by Crippen LogP contribution is 2.38. The lowest BCUT2D eigenvalue weighted by Crippen LogP contribution is -2.36. The molecule has 1 unspecified atom stereocenters. The van der Waals surface area contributed by atoms with Gasteiger partial charge in [0.2, 0.25) is 0 Å². The molecule has 98 valence electrons. The van der Waals surface area contributed by atoms with E-state index in [0.717, 1.165) is 19.3 Å². The summed E-state index contributed by atoms with van der Waals surface area (Å²) >= 11 is 5.84. The van der Waals surface area contributed by atoms with E-state index in [1.54, 1.807) is 17.0 Å². The van der Waals surface area contributed by atoms with Crippen LogP contribution in [0.25, 0.3) is 0 Å². The SMILES string of the molecule is CC1(C)CCCC(C(=N)n2ccnc(Cl)c2=N)C1. The maximum atomic E-state index is 8.29. The molecule has 18 heavy (non-hydrogen) atoms. The Morgan fingerprint density at radius 3 is 2.94 bits per heavy atom. The smallest absolute Gasteiger partial charge is 0.171 e. The van der Waals surface area contributed by atoms with Crippen LogP contribution in [-0.2, 0) is 0 Å². The van der Waals surface area contributed by atoms with E-state index in [9.17, 15) is 0 Å². The highest BCUT2D eigenvalue weighted by Gasteiger charge is 2.31. The monoisotopic (exact) mass is 266 g/mol. The van der Waals surface area contributed by atoms with E-state index in [1.165, 1.54) is 6.42 Å². The van der Waals surface area contributed by atoms with Gasteiger partial charge in [-0.2, -0.15) is 0 Å². The van der Waals surface area contributed by atoms with E-state index in [2.05, 4.69) is 18.8 Å². The fourth-order valence-electron chi connectivity index (χ4n) is 2.73. The van der Waals surface area contributed by atoms with Crippen molar-refractivity contribution < 1.29 is 0 Å². The van der Waals surface area contributed by atoms with Crippen molar-refractivity contribution >= 4 is 17.4 Å². The maximum Gasteiger partial charge on any atom is 0.171 e. The fourth-order valence-corrected chi connectivity index (χ4v) is 2.88. The number of halogens is 1. The van der Waals surface area contributed by atoms with Gasteiger partial charge in [0.05, 0.1) is 0 Å². The molecule has 0 aliphatic heterocycles. The maximum absolute atomic E-state index is 8.29. The van der Waals surface area contributed by atoms with Gasteiger partial charge in [-0.3, -0.25) is 15.4 Å². The zero-order chi connectivity index (χ0) is 13.3. The van der Waals surface area contributed by atoms with E-state index in [1.807, 2.05) is 0 Å². The van der Waals surface area contributed by atoms with Crippen LogP contribution in [-0.4, -0.2) is 15.4 Å². The van der Waals surface area contributed by atoms with Crippen LogP contribution in [0.5, 0.6) is 0 Å². The molecular weight excluding hydrogens is 248 g/mol. The van der Waals surface area contributed by atoms with Crippen LogP contribution in [0.4, 0.5) is 0 Å². The van der Waals surface area contributed by atoms with Crippen molar-refractivity contribution in [2.45, 2.75) is 39.5 Å². The van der Waals surface area contributed by atoms with Crippen LogP contribution in [0.1, 0.15) is 39.5 Å². The van der Waals surface area contributed by atoms with Gasteiger partial charge in [-0.15, -0.1) is 0 Å². The molecule has 0 spiro atoms. The van der Waals surface area contributed by atoms with Gasteiger partial charge in [0.15, 0.2) is 10.6 Å². The number of aromatic nitrogens is 2. The summed E-state index contributed by atoms with van der Waals surface area (Å²) in [5, 5.41) is 16.3. The third-order valence-electron chi connectivity index (χ3n) is 3.69. The third kappa shape index (κ3) is 2.64. The van der Waals surface area contributed by atoms with Crippen LogP contribution >= 0.6 is 11.6 Å². The quantitative estimate of drug-likeness (QED) is 0.595. The largest absolute Gasteiger partial charge is 0.288 e. The highest BCUT2D eigenvalue weighted by atomic mass is 35.5. The Hall–Kier alpha value is -1.16. The van der Waals surface area contributed by atoms with E-state index in [4.69, 9.17) is 22.4 Å². The lowest BCUT2D eigenvalue weighted by Gasteiger charge is -2.35. The molecule has 0 radical (unpaired) electrons. The number of hydrogen-bond acceptors (Lipinski definition) is 3. The second kappa shape index (κ2) is 4.84. The molecule has 1 aromatic rings. The van der Waals surface area contributed by atoms with Crippen LogP contribution in [0.15, 0.2) is 12.4 Å². The summed E-state index contributed by atoms with van der Waals surface area (Å²) in [4.78, 5) is 3.86. The van der Waals surface area contributed by atoms with Gasteiger partial charge in [0.25, 0.3) is 0 Å². The standard InChI is InChI=1S/C13H19ClN4/c1-13(2)5-3-4-9(8-13)11(15)18-7-6-17-10(14)12(18)16/h6-7,9,15-16H,3-5,8H2,1-2H3. The molecule has 1 aliphatic carbocycles. The van der Waals surface area contributed by atoms with Crippen molar-refractivity contribution in [3.8, 4) is 0 Å². The molecule has 1 atom stereocenters. The van der Waals surface area contributed by atoms with E-state index in [0.29, 0.717) is 5.84 Å². The topological polar surface area (TPSA) is 65.5 Å². The van der Waals surface area contributed by atoms with Crippen molar-refractivity contribution in [1.82, 2.24) is 9.55 Å². The van der Waals surface area contributed by atoms with Crippen LogP contribution < -0.4 is 5.49 Å². The summed E-state index contributed by atoms with van der Waals surface area (Å²) in [5.41, 5.74) is 0.391. The van der Waals surface area contributed by atoms with Crippen molar-refractivity contribution in [3.63, 3.8) is 0 Å². The van der Waals surface area contributed by atoms with E-state index < -0.39 is 0 Å².